The smallest absolute Gasteiger partial charge is 0.305 e. The Morgan fingerprint density at radius 2 is 1.75 bits per heavy atom. The van der Waals surface area contributed by atoms with Gasteiger partial charge in [0.2, 0.25) is 0 Å². The molecule has 0 aliphatic heterocycles. The number of unbranched alkanes of at least 4 members (excludes halogenated alkanes) is 1. The molecule has 1 N–H and O–H groups in total. The number of carbonyl (C=O) groups is 2. The van der Waals surface area contributed by atoms with Crippen molar-refractivity contribution in [2.24, 2.45) is 0 Å². The Hall–Kier alpha value is -0.620. The average Bonchev–Trinajstić information content (AvgIpc) is 2.24. The van der Waals surface area contributed by atoms with E-state index in [0.717, 1.165) is 5.33 Å². The van der Waals surface area contributed by atoms with Crippen LogP contribution in [0.4, 0.5) is 0 Å². The van der Waals surface area contributed by atoms with Crippen molar-refractivity contribution in [1.29, 1.82) is 0 Å². The standard InChI is InChI=1S/C10H17BrO5/c11-5-6-15-7-8-16-10(14)4-2-1-3-9(12)13/h1-8H2,(H,12,13). The third-order valence-electron chi connectivity index (χ3n) is 1.73. The molecule has 0 radical (unpaired) electrons. The van der Waals surface area contributed by atoms with Crippen LogP contribution in [0.2, 0.25) is 0 Å². The second-order valence-electron chi connectivity index (χ2n) is 3.12. The van der Waals surface area contributed by atoms with Crippen LogP contribution in [-0.2, 0) is 19.1 Å². The van der Waals surface area contributed by atoms with Crippen molar-refractivity contribution in [3.05, 3.63) is 0 Å². The summed E-state index contributed by atoms with van der Waals surface area (Å²) in [4.78, 5) is 21.3. The Morgan fingerprint density at radius 3 is 2.38 bits per heavy atom. The van der Waals surface area contributed by atoms with Gasteiger partial charge in [-0.15, -0.1) is 0 Å². The summed E-state index contributed by atoms with van der Waals surface area (Å²) in [6.07, 6.45) is 1.42. The van der Waals surface area contributed by atoms with E-state index in [9.17, 15) is 9.59 Å². The molecule has 16 heavy (non-hydrogen) atoms. The summed E-state index contributed by atoms with van der Waals surface area (Å²) in [6.45, 7) is 1.24. The molecule has 0 unspecified atom stereocenters. The van der Waals surface area contributed by atoms with Gasteiger partial charge in [-0.25, -0.2) is 0 Å². The van der Waals surface area contributed by atoms with Crippen molar-refractivity contribution in [2.45, 2.75) is 25.7 Å². The van der Waals surface area contributed by atoms with E-state index < -0.39 is 5.97 Å². The van der Waals surface area contributed by atoms with Crippen molar-refractivity contribution in [1.82, 2.24) is 0 Å². The van der Waals surface area contributed by atoms with E-state index in [1.165, 1.54) is 0 Å². The first-order valence-corrected chi connectivity index (χ1v) is 6.30. The first kappa shape index (κ1) is 15.4. The SMILES string of the molecule is O=C(O)CCCCC(=O)OCCOCCBr. The van der Waals surface area contributed by atoms with E-state index in [0.29, 0.717) is 26.1 Å². The summed E-state index contributed by atoms with van der Waals surface area (Å²) >= 11 is 3.20. The number of carboxylic acid groups (broad SMARTS) is 1. The second-order valence-corrected chi connectivity index (χ2v) is 3.92. The second kappa shape index (κ2) is 10.9. The zero-order valence-electron chi connectivity index (χ0n) is 9.12. The minimum atomic E-state index is -0.837. The summed E-state index contributed by atoms with van der Waals surface area (Å²) < 4.78 is 9.96. The number of rotatable bonds is 10. The summed E-state index contributed by atoms with van der Waals surface area (Å²) in [7, 11) is 0. The average molecular weight is 297 g/mol. The lowest BCUT2D eigenvalue weighted by atomic mass is 10.2. The quantitative estimate of drug-likeness (QED) is 0.376. The van der Waals surface area contributed by atoms with Crippen LogP contribution in [0.1, 0.15) is 25.7 Å². The van der Waals surface area contributed by atoms with Gasteiger partial charge in [0.15, 0.2) is 0 Å². The van der Waals surface area contributed by atoms with Crippen LogP contribution in [0, 0.1) is 0 Å². The largest absolute Gasteiger partial charge is 0.481 e. The van der Waals surface area contributed by atoms with Crippen LogP contribution in [0.3, 0.4) is 0 Å². The Labute approximate surface area is 103 Å². The zero-order chi connectivity index (χ0) is 12.2. The maximum absolute atomic E-state index is 11.1. The highest BCUT2D eigenvalue weighted by Gasteiger charge is 2.03. The molecule has 0 bridgehead atoms. The summed E-state index contributed by atoms with van der Waals surface area (Å²) in [6, 6.07) is 0. The zero-order valence-corrected chi connectivity index (χ0v) is 10.7. The lowest BCUT2D eigenvalue weighted by Gasteiger charge is -2.04. The monoisotopic (exact) mass is 296 g/mol. The fourth-order valence-electron chi connectivity index (χ4n) is 0.989. The van der Waals surface area contributed by atoms with Gasteiger partial charge in [0.1, 0.15) is 6.61 Å². The van der Waals surface area contributed by atoms with E-state index in [1.807, 2.05) is 0 Å². The molecular formula is C10H17BrO5. The van der Waals surface area contributed by atoms with Crippen LogP contribution >= 0.6 is 15.9 Å². The van der Waals surface area contributed by atoms with Gasteiger partial charge in [0, 0.05) is 18.2 Å². The molecule has 6 heteroatoms. The number of carbonyl (C=O) groups excluding carboxylic acids is 1. The maximum Gasteiger partial charge on any atom is 0.305 e. The molecule has 0 aromatic rings. The van der Waals surface area contributed by atoms with Gasteiger partial charge in [0.25, 0.3) is 0 Å². The lowest BCUT2D eigenvalue weighted by molar-refractivity contribution is -0.145. The van der Waals surface area contributed by atoms with Crippen LogP contribution in [0.25, 0.3) is 0 Å². The molecule has 0 aliphatic rings. The first-order valence-electron chi connectivity index (χ1n) is 5.18. The number of alkyl halides is 1. The topological polar surface area (TPSA) is 72.8 Å². The Balaban J connectivity index is 3.21. The Bertz CT molecular complexity index is 207. The molecular weight excluding hydrogens is 280 g/mol. The number of esters is 1. The summed E-state index contributed by atoms with van der Waals surface area (Å²) in [5.74, 6) is -1.13. The molecule has 0 aromatic heterocycles. The number of hydrogen-bond acceptors (Lipinski definition) is 4. The molecule has 0 saturated carbocycles. The highest BCUT2D eigenvalue weighted by Crippen LogP contribution is 2.01. The molecule has 0 aliphatic carbocycles. The number of hydrogen-bond donors (Lipinski definition) is 1. The van der Waals surface area contributed by atoms with Gasteiger partial charge in [-0.3, -0.25) is 9.59 Å². The molecule has 5 nitrogen and oxygen atoms in total. The predicted molar refractivity (Wildman–Crippen MR) is 61.7 cm³/mol. The highest BCUT2D eigenvalue weighted by molar-refractivity contribution is 9.09. The van der Waals surface area contributed by atoms with Crippen LogP contribution in [-0.4, -0.2) is 42.2 Å². The van der Waals surface area contributed by atoms with Gasteiger partial charge in [0.05, 0.1) is 13.2 Å². The van der Waals surface area contributed by atoms with Gasteiger partial charge in [-0.2, -0.15) is 0 Å². The van der Waals surface area contributed by atoms with Crippen molar-refractivity contribution >= 4 is 27.9 Å². The summed E-state index contributed by atoms with van der Waals surface area (Å²) in [5.41, 5.74) is 0. The van der Waals surface area contributed by atoms with Crippen molar-refractivity contribution in [3.63, 3.8) is 0 Å². The predicted octanol–water partition coefficient (Wildman–Crippen LogP) is 1.59. The minimum absolute atomic E-state index is 0.0989. The van der Waals surface area contributed by atoms with Crippen molar-refractivity contribution < 1.29 is 24.2 Å². The highest BCUT2D eigenvalue weighted by atomic mass is 79.9. The molecule has 94 valence electrons. The molecule has 0 aromatic carbocycles. The van der Waals surface area contributed by atoms with Crippen molar-refractivity contribution in [3.8, 4) is 0 Å². The maximum atomic E-state index is 11.1. The number of carboxylic acids is 1. The summed E-state index contributed by atoms with van der Waals surface area (Å²) in [5, 5.41) is 9.13. The first-order chi connectivity index (χ1) is 7.66. The van der Waals surface area contributed by atoms with E-state index in [1.54, 1.807) is 0 Å². The molecule has 0 spiro atoms. The molecule has 0 saturated heterocycles. The van der Waals surface area contributed by atoms with Crippen molar-refractivity contribution in [2.75, 3.05) is 25.2 Å². The number of halogens is 1. The number of aliphatic carboxylic acids is 1. The Morgan fingerprint density at radius 1 is 1.06 bits per heavy atom. The van der Waals surface area contributed by atoms with Gasteiger partial charge in [-0.1, -0.05) is 15.9 Å². The van der Waals surface area contributed by atoms with Gasteiger partial charge >= 0.3 is 11.9 Å². The molecule has 0 fully saturated rings. The minimum Gasteiger partial charge on any atom is -0.481 e. The fraction of sp³-hybridized carbons (Fsp3) is 0.800. The van der Waals surface area contributed by atoms with Crippen LogP contribution < -0.4 is 0 Å². The van der Waals surface area contributed by atoms with Crippen LogP contribution in [0.5, 0.6) is 0 Å². The molecule has 0 heterocycles. The lowest BCUT2D eigenvalue weighted by Crippen LogP contribution is -2.11. The van der Waals surface area contributed by atoms with E-state index in [2.05, 4.69) is 15.9 Å². The van der Waals surface area contributed by atoms with Gasteiger partial charge < -0.3 is 14.6 Å². The van der Waals surface area contributed by atoms with E-state index in [4.69, 9.17) is 14.6 Å². The number of ether oxygens (including phenoxy) is 2. The fourth-order valence-corrected chi connectivity index (χ4v) is 1.22. The van der Waals surface area contributed by atoms with E-state index >= 15 is 0 Å². The molecule has 0 rings (SSSR count). The van der Waals surface area contributed by atoms with Crippen LogP contribution in [0.15, 0.2) is 0 Å². The Kier molecular flexibility index (Phi) is 10.5. The molecule has 0 amide bonds. The van der Waals surface area contributed by atoms with E-state index in [-0.39, 0.29) is 25.4 Å². The van der Waals surface area contributed by atoms with Gasteiger partial charge in [-0.05, 0) is 12.8 Å². The third kappa shape index (κ3) is 11.5. The third-order valence-corrected chi connectivity index (χ3v) is 2.06. The normalized spacial score (nSPS) is 10.1. The molecule has 0 atom stereocenters.